The van der Waals surface area contributed by atoms with Gasteiger partial charge in [0, 0.05) is 23.8 Å². The van der Waals surface area contributed by atoms with Crippen molar-refractivity contribution in [3.8, 4) is 0 Å². The van der Waals surface area contributed by atoms with Gasteiger partial charge >= 0.3 is 11.9 Å². The van der Waals surface area contributed by atoms with Crippen LogP contribution in [0.15, 0.2) is 41.7 Å². The number of carbonyl (C=O) groups excluding carboxylic acids is 2. The molecule has 0 aliphatic carbocycles. The number of esters is 1. The Kier molecular flexibility index (Phi) is 5.04. The van der Waals surface area contributed by atoms with Crippen LogP contribution in [0.25, 0.3) is 10.9 Å². The topological polar surface area (TPSA) is 129 Å². The number of methoxy groups -OCH3 is 1. The molecule has 3 N–H and O–H groups in total. The SMILES string of the molecule is COC(=O)C1=C(Nc2cccc3ncc(C(=O)O)cc23)C(=O)N(CCO)C1. The predicted octanol–water partition coefficient (Wildman–Crippen LogP) is 0.606. The van der Waals surface area contributed by atoms with Crippen LogP contribution in [0.5, 0.6) is 0 Å². The molecule has 0 spiro atoms. The highest BCUT2D eigenvalue weighted by molar-refractivity contribution is 6.10. The van der Waals surface area contributed by atoms with Crippen LogP contribution >= 0.6 is 0 Å². The van der Waals surface area contributed by atoms with Crippen LogP contribution in [0, 0.1) is 0 Å². The lowest BCUT2D eigenvalue weighted by atomic mass is 10.1. The van der Waals surface area contributed by atoms with E-state index in [1.54, 1.807) is 18.2 Å². The van der Waals surface area contributed by atoms with Gasteiger partial charge in [-0.25, -0.2) is 9.59 Å². The second-order valence-corrected chi connectivity index (χ2v) is 5.82. The van der Waals surface area contributed by atoms with E-state index < -0.39 is 17.8 Å². The number of aliphatic hydroxyl groups is 1. The molecule has 1 aromatic heterocycles. The van der Waals surface area contributed by atoms with Gasteiger partial charge in [-0.2, -0.15) is 0 Å². The number of carboxylic acid groups (broad SMARTS) is 1. The molecule has 1 amide bonds. The number of β-amino-alcohol motifs (C(OH)–C–C–N with tert-alkyl or cyclic N) is 1. The van der Waals surface area contributed by atoms with Gasteiger partial charge in [-0.3, -0.25) is 9.78 Å². The third-order valence-electron chi connectivity index (χ3n) is 4.19. The number of aromatic carboxylic acids is 1. The van der Waals surface area contributed by atoms with Crippen molar-refractivity contribution in [1.29, 1.82) is 0 Å². The lowest BCUT2D eigenvalue weighted by Crippen LogP contribution is -2.31. The fourth-order valence-electron chi connectivity index (χ4n) is 2.86. The Morgan fingerprint density at radius 3 is 2.81 bits per heavy atom. The normalized spacial score (nSPS) is 14.0. The average molecular weight is 371 g/mol. The first-order valence-corrected chi connectivity index (χ1v) is 8.07. The number of nitrogens with one attached hydrogen (secondary N) is 1. The van der Waals surface area contributed by atoms with Crippen molar-refractivity contribution in [2.24, 2.45) is 0 Å². The van der Waals surface area contributed by atoms with E-state index in [-0.39, 0.29) is 36.5 Å². The lowest BCUT2D eigenvalue weighted by Gasteiger charge is -2.15. The smallest absolute Gasteiger partial charge is 0.337 e. The molecule has 0 atom stereocenters. The van der Waals surface area contributed by atoms with Crippen molar-refractivity contribution in [3.05, 3.63) is 47.3 Å². The summed E-state index contributed by atoms with van der Waals surface area (Å²) in [6.45, 7) is -0.157. The molecule has 1 aliphatic heterocycles. The monoisotopic (exact) mass is 371 g/mol. The second kappa shape index (κ2) is 7.42. The van der Waals surface area contributed by atoms with Gasteiger partial charge in [-0.05, 0) is 18.2 Å². The minimum atomic E-state index is -1.13. The van der Waals surface area contributed by atoms with Crippen LogP contribution in [0.2, 0.25) is 0 Å². The molecular weight excluding hydrogens is 354 g/mol. The maximum absolute atomic E-state index is 12.6. The van der Waals surface area contributed by atoms with E-state index in [0.717, 1.165) is 0 Å². The molecule has 9 nitrogen and oxygen atoms in total. The molecule has 0 radical (unpaired) electrons. The number of hydrogen-bond acceptors (Lipinski definition) is 7. The van der Waals surface area contributed by atoms with E-state index in [9.17, 15) is 19.5 Å². The summed E-state index contributed by atoms with van der Waals surface area (Å²) in [6, 6.07) is 6.49. The van der Waals surface area contributed by atoms with Gasteiger partial charge in [0.2, 0.25) is 0 Å². The number of amides is 1. The Morgan fingerprint density at radius 2 is 2.15 bits per heavy atom. The predicted molar refractivity (Wildman–Crippen MR) is 95.0 cm³/mol. The Balaban J connectivity index is 2.06. The molecule has 2 heterocycles. The quantitative estimate of drug-likeness (QED) is 0.630. The van der Waals surface area contributed by atoms with Crippen LogP contribution in [0.4, 0.5) is 5.69 Å². The Hall–Kier alpha value is -3.46. The maximum Gasteiger partial charge on any atom is 0.337 e. The van der Waals surface area contributed by atoms with Crippen LogP contribution in [-0.2, 0) is 14.3 Å². The van der Waals surface area contributed by atoms with Crippen molar-refractivity contribution in [2.45, 2.75) is 0 Å². The Labute approximate surface area is 153 Å². The summed E-state index contributed by atoms with van der Waals surface area (Å²) in [6.07, 6.45) is 1.25. The summed E-state index contributed by atoms with van der Waals surface area (Å²) in [5, 5.41) is 21.7. The van der Waals surface area contributed by atoms with Gasteiger partial charge in [0.1, 0.15) is 5.70 Å². The minimum Gasteiger partial charge on any atom is -0.478 e. The largest absolute Gasteiger partial charge is 0.478 e. The molecule has 9 heteroatoms. The summed E-state index contributed by atoms with van der Waals surface area (Å²) in [7, 11) is 1.22. The molecule has 0 saturated carbocycles. The third-order valence-corrected chi connectivity index (χ3v) is 4.19. The molecule has 1 aliphatic rings. The van der Waals surface area contributed by atoms with Crippen molar-refractivity contribution in [1.82, 2.24) is 9.88 Å². The molecule has 1 aromatic carbocycles. The zero-order valence-corrected chi connectivity index (χ0v) is 14.4. The van der Waals surface area contributed by atoms with E-state index in [4.69, 9.17) is 9.84 Å². The van der Waals surface area contributed by atoms with Gasteiger partial charge in [-0.1, -0.05) is 6.07 Å². The van der Waals surface area contributed by atoms with Crippen LogP contribution < -0.4 is 5.32 Å². The van der Waals surface area contributed by atoms with Crippen LogP contribution in [0.1, 0.15) is 10.4 Å². The first-order valence-electron chi connectivity index (χ1n) is 8.07. The average Bonchev–Trinajstić information content (AvgIpc) is 2.97. The summed E-state index contributed by atoms with van der Waals surface area (Å²) in [5.74, 6) is -2.24. The first kappa shape index (κ1) is 18.3. The Morgan fingerprint density at radius 1 is 1.37 bits per heavy atom. The number of benzene rings is 1. The Bertz CT molecular complexity index is 969. The van der Waals surface area contributed by atoms with Crippen molar-refractivity contribution >= 4 is 34.4 Å². The number of carbonyl (C=O) groups is 3. The van der Waals surface area contributed by atoms with Gasteiger partial charge in [0.25, 0.3) is 5.91 Å². The number of nitrogens with zero attached hydrogens (tertiary/aromatic N) is 2. The van der Waals surface area contributed by atoms with Gasteiger partial charge in [-0.15, -0.1) is 0 Å². The molecular formula is C18H17N3O6. The first-order chi connectivity index (χ1) is 13.0. The summed E-state index contributed by atoms with van der Waals surface area (Å²) < 4.78 is 4.75. The number of fused-ring (bicyclic) bond motifs is 1. The number of rotatable bonds is 6. The number of aromatic nitrogens is 1. The minimum absolute atomic E-state index is 0.00132. The highest BCUT2D eigenvalue weighted by Crippen LogP contribution is 2.28. The van der Waals surface area contributed by atoms with Crippen LogP contribution in [-0.4, -0.2) is 64.7 Å². The summed E-state index contributed by atoms with van der Waals surface area (Å²) in [4.78, 5) is 41.4. The lowest BCUT2D eigenvalue weighted by molar-refractivity contribution is -0.136. The summed E-state index contributed by atoms with van der Waals surface area (Å²) >= 11 is 0. The van der Waals surface area contributed by atoms with E-state index in [1.807, 2.05) is 0 Å². The van der Waals surface area contributed by atoms with Gasteiger partial charge in [0.15, 0.2) is 0 Å². The van der Waals surface area contributed by atoms with E-state index in [2.05, 4.69) is 10.3 Å². The standard InChI is InChI=1S/C18H17N3O6/c1-27-18(26)12-9-21(5-6-22)16(23)15(12)20-14-4-2-3-13-11(14)7-10(8-19-13)17(24)25/h2-4,7-8,20,22H,5-6,9H2,1H3,(H,24,25). The number of anilines is 1. The number of pyridine rings is 1. The van der Waals surface area contributed by atoms with Gasteiger partial charge < -0.3 is 25.2 Å². The number of carboxylic acids is 1. The number of ether oxygens (including phenoxy) is 1. The molecule has 0 fully saturated rings. The molecule has 3 rings (SSSR count). The maximum atomic E-state index is 12.6. The zero-order valence-electron chi connectivity index (χ0n) is 14.4. The molecule has 140 valence electrons. The van der Waals surface area contributed by atoms with Crippen molar-refractivity contribution < 1.29 is 29.3 Å². The van der Waals surface area contributed by atoms with Crippen molar-refractivity contribution in [3.63, 3.8) is 0 Å². The van der Waals surface area contributed by atoms with Crippen LogP contribution in [0.3, 0.4) is 0 Å². The number of hydrogen-bond donors (Lipinski definition) is 3. The number of aliphatic hydroxyl groups excluding tert-OH is 1. The van der Waals surface area contributed by atoms with Crippen molar-refractivity contribution in [2.75, 3.05) is 32.1 Å². The zero-order chi connectivity index (χ0) is 19.6. The molecule has 27 heavy (non-hydrogen) atoms. The van der Waals surface area contributed by atoms with E-state index >= 15 is 0 Å². The molecule has 0 saturated heterocycles. The highest BCUT2D eigenvalue weighted by Gasteiger charge is 2.34. The van der Waals surface area contributed by atoms with Gasteiger partial charge in [0.05, 0.1) is 36.9 Å². The highest BCUT2D eigenvalue weighted by atomic mass is 16.5. The van der Waals surface area contributed by atoms with E-state index in [1.165, 1.54) is 24.3 Å². The fraction of sp³-hybridized carbons (Fsp3) is 0.222. The third kappa shape index (κ3) is 3.44. The molecule has 2 aromatic rings. The molecule has 0 unspecified atom stereocenters. The molecule has 0 bridgehead atoms. The second-order valence-electron chi connectivity index (χ2n) is 5.82. The summed E-state index contributed by atoms with van der Waals surface area (Å²) in [5.41, 5.74) is 1.12. The fourth-order valence-corrected chi connectivity index (χ4v) is 2.86. The van der Waals surface area contributed by atoms with E-state index in [0.29, 0.717) is 16.6 Å².